The lowest BCUT2D eigenvalue weighted by Gasteiger charge is -2.12. The van der Waals surface area contributed by atoms with Gasteiger partial charge in [0.2, 0.25) is 0 Å². The maximum absolute atomic E-state index is 5.88. The van der Waals surface area contributed by atoms with E-state index in [2.05, 4.69) is 36.3 Å². The Morgan fingerprint density at radius 3 is 2.59 bits per heavy atom. The fraction of sp³-hybridized carbons (Fsp3) is 0.357. The van der Waals surface area contributed by atoms with Crippen molar-refractivity contribution in [3.63, 3.8) is 0 Å². The Labute approximate surface area is 107 Å². The second-order valence-corrected chi connectivity index (χ2v) is 5.48. The van der Waals surface area contributed by atoms with Crippen molar-refractivity contribution < 1.29 is 0 Å². The molecule has 1 aromatic heterocycles. The third-order valence-corrected chi connectivity index (χ3v) is 3.89. The molecule has 90 valence electrons. The van der Waals surface area contributed by atoms with E-state index in [1.54, 1.807) is 11.3 Å². The predicted octanol–water partition coefficient (Wildman–Crippen LogP) is 3.34. The first kappa shape index (κ1) is 12.3. The summed E-state index contributed by atoms with van der Waals surface area (Å²) >= 11 is 1.72. The summed E-state index contributed by atoms with van der Waals surface area (Å²) < 4.78 is 0. The number of rotatable bonds is 4. The van der Waals surface area contributed by atoms with Crippen LogP contribution in [-0.2, 0) is 6.42 Å². The van der Waals surface area contributed by atoms with E-state index < -0.39 is 0 Å². The van der Waals surface area contributed by atoms with Crippen LogP contribution in [0.5, 0.6) is 0 Å². The molecule has 2 N–H and O–H groups in total. The standard InChI is InChI=1S/C14H18N2S/c1-10(11(2)15)8-14-16-13(9-17-14)12-6-4-3-5-7-12/h3-7,9-11H,8,15H2,1-2H3. The van der Waals surface area contributed by atoms with Crippen molar-refractivity contribution in [3.8, 4) is 11.3 Å². The molecule has 0 radical (unpaired) electrons. The van der Waals surface area contributed by atoms with Gasteiger partial charge in [-0.1, -0.05) is 37.3 Å². The topological polar surface area (TPSA) is 38.9 Å². The molecule has 0 spiro atoms. The maximum atomic E-state index is 5.88. The molecule has 0 aliphatic heterocycles. The Morgan fingerprint density at radius 1 is 1.24 bits per heavy atom. The highest BCUT2D eigenvalue weighted by Gasteiger charge is 2.11. The number of nitrogens with zero attached hydrogens (tertiary/aromatic N) is 1. The van der Waals surface area contributed by atoms with Crippen molar-refractivity contribution in [3.05, 3.63) is 40.7 Å². The van der Waals surface area contributed by atoms with Crippen molar-refractivity contribution in [2.24, 2.45) is 11.7 Å². The molecule has 0 aliphatic rings. The summed E-state index contributed by atoms with van der Waals surface area (Å²) in [6, 6.07) is 10.5. The lowest BCUT2D eigenvalue weighted by Crippen LogP contribution is -2.25. The van der Waals surface area contributed by atoms with Crippen LogP contribution in [0.4, 0.5) is 0 Å². The van der Waals surface area contributed by atoms with E-state index in [-0.39, 0.29) is 6.04 Å². The summed E-state index contributed by atoms with van der Waals surface area (Å²) in [5.41, 5.74) is 8.13. The van der Waals surface area contributed by atoms with Crippen molar-refractivity contribution >= 4 is 11.3 Å². The van der Waals surface area contributed by atoms with Crippen LogP contribution < -0.4 is 5.73 Å². The third kappa shape index (κ3) is 3.14. The van der Waals surface area contributed by atoms with E-state index in [1.165, 1.54) is 10.6 Å². The van der Waals surface area contributed by atoms with Crippen molar-refractivity contribution in [1.82, 2.24) is 4.98 Å². The second kappa shape index (κ2) is 5.43. The van der Waals surface area contributed by atoms with Gasteiger partial charge in [-0.15, -0.1) is 11.3 Å². The molecular formula is C14H18N2S. The quantitative estimate of drug-likeness (QED) is 0.898. The van der Waals surface area contributed by atoms with Gasteiger partial charge < -0.3 is 5.73 Å². The van der Waals surface area contributed by atoms with Crippen LogP contribution in [-0.4, -0.2) is 11.0 Å². The molecule has 0 amide bonds. The zero-order valence-electron chi connectivity index (χ0n) is 10.3. The summed E-state index contributed by atoms with van der Waals surface area (Å²) in [5.74, 6) is 0.477. The number of hydrogen-bond acceptors (Lipinski definition) is 3. The van der Waals surface area contributed by atoms with Gasteiger partial charge in [0.05, 0.1) is 10.7 Å². The van der Waals surface area contributed by atoms with E-state index in [0.29, 0.717) is 5.92 Å². The highest BCUT2D eigenvalue weighted by atomic mass is 32.1. The van der Waals surface area contributed by atoms with Gasteiger partial charge in [-0.3, -0.25) is 0 Å². The Kier molecular flexibility index (Phi) is 3.92. The predicted molar refractivity (Wildman–Crippen MR) is 74.1 cm³/mol. The van der Waals surface area contributed by atoms with Gasteiger partial charge in [0.1, 0.15) is 0 Å². The average Bonchev–Trinajstić information content (AvgIpc) is 2.78. The van der Waals surface area contributed by atoms with E-state index in [9.17, 15) is 0 Å². The molecule has 2 aromatic rings. The second-order valence-electron chi connectivity index (χ2n) is 4.53. The molecule has 0 aliphatic carbocycles. The van der Waals surface area contributed by atoms with Crippen LogP contribution in [0.2, 0.25) is 0 Å². The molecule has 2 rings (SSSR count). The molecule has 0 saturated carbocycles. The summed E-state index contributed by atoms with van der Waals surface area (Å²) in [5, 5.41) is 3.30. The van der Waals surface area contributed by atoms with Gasteiger partial charge in [0, 0.05) is 23.4 Å². The van der Waals surface area contributed by atoms with E-state index >= 15 is 0 Å². The zero-order valence-corrected chi connectivity index (χ0v) is 11.1. The maximum Gasteiger partial charge on any atom is 0.0935 e. The largest absolute Gasteiger partial charge is 0.328 e. The van der Waals surface area contributed by atoms with Gasteiger partial charge in [0.25, 0.3) is 0 Å². The number of aromatic nitrogens is 1. The molecular weight excluding hydrogens is 228 g/mol. The molecule has 0 bridgehead atoms. The van der Waals surface area contributed by atoms with Crippen LogP contribution >= 0.6 is 11.3 Å². The van der Waals surface area contributed by atoms with Crippen molar-refractivity contribution in [1.29, 1.82) is 0 Å². The Morgan fingerprint density at radius 2 is 1.94 bits per heavy atom. The fourth-order valence-electron chi connectivity index (χ4n) is 1.61. The first-order valence-corrected chi connectivity index (χ1v) is 6.80. The molecule has 2 unspecified atom stereocenters. The Hall–Kier alpha value is -1.19. The zero-order chi connectivity index (χ0) is 12.3. The minimum absolute atomic E-state index is 0.221. The van der Waals surface area contributed by atoms with Gasteiger partial charge >= 0.3 is 0 Å². The van der Waals surface area contributed by atoms with Gasteiger partial charge in [0.15, 0.2) is 0 Å². The van der Waals surface area contributed by atoms with Crippen LogP contribution in [0.15, 0.2) is 35.7 Å². The van der Waals surface area contributed by atoms with Crippen LogP contribution in [0.3, 0.4) is 0 Å². The first-order chi connectivity index (χ1) is 8.16. The molecule has 3 heteroatoms. The molecule has 0 fully saturated rings. The van der Waals surface area contributed by atoms with E-state index in [1.807, 2.05) is 18.2 Å². The molecule has 1 aromatic carbocycles. The third-order valence-electron chi connectivity index (χ3n) is 3.02. The minimum atomic E-state index is 0.221. The SMILES string of the molecule is CC(N)C(C)Cc1nc(-c2ccccc2)cs1. The Balaban J connectivity index is 2.12. The monoisotopic (exact) mass is 246 g/mol. The number of nitrogens with two attached hydrogens (primary N) is 1. The summed E-state index contributed by atoms with van der Waals surface area (Å²) in [6.45, 7) is 4.23. The normalized spacial score (nSPS) is 14.5. The molecule has 2 nitrogen and oxygen atoms in total. The Bertz CT molecular complexity index is 462. The van der Waals surface area contributed by atoms with Crippen molar-refractivity contribution in [2.45, 2.75) is 26.3 Å². The molecule has 17 heavy (non-hydrogen) atoms. The lowest BCUT2D eigenvalue weighted by molar-refractivity contribution is 0.481. The molecule has 0 saturated heterocycles. The lowest BCUT2D eigenvalue weighted by atomic mass is 10.0. The van der Waals surface area contributed by atoms with Crippen molar-refractivity contribution in [2.75, 3.05) is 0 Å². The minimum Gasteiger partial charge on any atom is -0.328 e. The highest BCUT2D eigenvalue weighted by molar-refractivity contribution is 7.09. The van der Waals surface area contributed by atoms with Crippen LogP contribution in [0.25, 0.3) is 11.3 Å². The van der Waals surface area contributed by atoms with Crippen LogP contribution in [0, 0.1) is 5.92 Å². The smallest absolute Gasteiger partial charge is 0.0935 e. The van der Waals surface area contributed by atoms with Crippen LogP contribution in [0.1, 0.15) is 18.9 Å². The first-order valence-electron chi connectivity index (χ1n) is 5.92. The van der Waals surface area contributed by atoms with Gasteiger partial charge in [-0.2, -0.15) is 0 Å². The van der Waals surface area contributed by atoms with Gasteiger partial charge in [-0.25, -0.2) is 4.98 Å². The number of thiazole rings is 1. The summed E-state index contributed by atoms with van der Waals surface area (Å²) in [4.78, 5) is 4.67. The van der Waals surface area contributed by atoms with E-state index in [0.717, 1.165) is 12.1 Å². The van der Waals surface area contributed by atoms with Gasteiger partial charge in [-0.05, 0) is 12.8 Å². The van der Waals surface area contributed by atoms with E-state index in [4.69, 9.17) is 5.73 Å². The number of hydrogen-bond donors (Lipinski definition) is 1. The molecule has 1 heterocycles. The fourth-order valence-corrected chi connectivity index (χ4v) is 2.55. The summed E-state index contributed by atoms with van der Waals surface area (Å²) in [6.07, 6.45) is 0.967. The summed E-state index contributed by atoms with van der Waals surface area (Å²) in [7, 11) is 0. The highest BCUT2D eigenvalue weighted by Crippen LogP contribution is 2.23. The average molecular weight is 246 g/mol. The molecule has 2 atom stereocenters. The number of benzene rings is 1.